The lowest BCUT2D eigenvalue weighted by Gasteiger charge is -2.55. The van der Waals surface area contributed by atoms with E-state index in [0.717, 1.165) is 37.0 Å². The van der Waals surface area contributed by atoms with Gasteiger partial charge >= 0.3 is 0 Å². The van der Waals surface area contributed by atoms with Gasteiger partial charge in [-0.25, -0.2) is 0 Å². The zero-order valence-electron chi connectivity index (χ0n) is 11.7. The largest absolute Gasteiger partial charge is 0.368 e. The van der Waals surface area contributed by atoms with E-state index in [1.165, 1.54) is 19.3 Å². The van der Waals surface area contributed by atoms with Crippen LogP contribution in [0, 0.1) is 23.2 Å². The van der Waals surface area contributed by atoms with Crippen LogP contribution in [0.2, 0.25) is 0 Å². The van der Waals surface area contributed by atoms with Crippen molar-refractivity contribution in [1.82, 2.24) is 5.32 Å². The van der Waals surface area contributed by atoms with Gasteiger partial charge in [-0.2, -0.15) is 0 Å². The lowest BCUT2D eigenvalue weighted by atomic mass is 9.49. The van der Waals surface area contributed by atoms with Gasteiger partial charge in [-0.05, 0) is 62.7 Å². The van der Waals surface area contributed by atoms with Crippen LogP contribution in [-0.4, -0.2) is 17.9 Å². The number of rotatable bonds is 4. The maximum absolute atomic E-state index is 12.7. The summed E-state index contributed by atoms with van der Waals surface area (Å²) in [6, 6.07) is -0.500. The summed E-state index contributed by atoms with van der Waals surface area (Å²) >= 11 is 0. The molecule has 4 heteroatoms. The zero-order chi connectivity index (χ0) is 13.6. The van der Waals surface area contributed by atoms with E-state index in [4.69, 9.17) is 5.73 Å². The van der Waals surface area contributed by atoms with Gasteiger partial charge in [-0.3, -0.25) is 9.59 Å². The lowest BCUT2D eigenvalue weighted by Crippen LogP contribution is -2.56. The fourth-order valence-electron chi connectivity index (χ4n) is 5.07. The van der Waals surface area contributed by atoms with E-state index < -0.39 is 11.9 Å². The summed E-state index contributed by atoms with van der Waals surface area (Å²) in [5, 5.41) is 2.91. The second kappa shape index (κ2) is 4.50. The highest BCUT2D eigenvalue weighted by molar-refractivity contribution is 5.89. The molecule has 0 unspecified atom stereocenters. The third-order valence-corrected chi connectivity index (χ3v) is 5.58. The molecule has 4 fully saturated rings. The van der Waals surface area contributed by atoms with Crippen LogP contribution >= 0.6 is 0 Å². The van der Waals surface area contributed by atoms with E-state index in [2.05, 4.69) is 5.32 Å². The third-order valence-electron chi connectivity index (χ3n) is 5.58. The van der Waals surface area contributed by atoms with E-state index in [1.807, 2.05) is 6.92 Å². The first-order valence-corrected chi connectivity index (χ1v) is 7.62. The molecule has 4 aliphatic rings. The molecule has 0 heterocycles. The minimum absolute atomic E-state index is 0.0947. The van der Waals surface area contributed by atoms with Crippen molar-refractivity contribution in [2.24, 2.45) is 28.9 Å². The monoisotopic (exact) mass is 264 g/mol. The van der Waals surface area contributed by atoms with E-state index in [-0.39, 0.29) is 11.3 Å². The molecular weight excluding hydrogens is 240 g/mol. The van der Waals surface area contributed by atoms with Crippen molar-refractivity contribution >= 4 is 11.8 Å². The molecule has 0 aliphatic heterocycles. The van der Waals surface area contributed by atoms with Crippen molar-refractivity contribution in [3.63, 3.8) is 0 Å². The Morgan fingerprint density at radius 1 is 1.16 bits per heavy atom. The van der Waals surface area contributed by atoms with E-state index in [0.29, 0.717) is 6.42 Å². The molecule has 2 amide bonds. The van der Waals surface area contributed by atoms with Crippen LogP contribution < -0.4 is 11.1 Å². The van der Waals surface area contributed by atoms with E-state index >= 15 is 0 Å². The Kier molecular flexibility index (Phi) is 3.06. The molecule has 0 radical (unpaired) electrons. The molecule has 0 aromatic carbocycles. The molecular formula is C15H24N2O2. The molecule has 19 heavy (non-hydrogen) atoms. The second-order valence-electron chi connectivity index (χ2n) is 7.03. The molecule has 1 atom stereocenters. The number of amides is 2. The molecule has 4 rings (SSSR count). The SMILES string of the molecule is CC[C@@H](NC(=O)C12CC3CC(CC(C3)C1)C2)C(N)=O. The van der Waals surface area contributed by atoms with Crippen molar-refractivity contribution in [2.45, 2.75) is 57.9 Å². The minimum Gasteiger partial charge on any atom is -0.368 e. The highest BCUT2D eigenvalue weighted by Gasteiger charge is 2.54. The van der Waals surface area contributed by atoms with Crippen molar-refractivity contribution in [2.75, 3.05) is 0 Å². The first-order valence-electron chi connectivity index (χ1n) is 7.62. The summed E-state index contributed by atoms with van der Waals surface area (Å²) < 4.78 is 0. The molecule has 4 aliphatic carbocycles. The number of primary amides is 1. The predicted octanol–water partition coefficient (Wildman–Crippen LogP) is 1.58. The molecule has 3 N–H and O–H groups in total. The van der Waals surface area contributed by atoms with E-state index in [9.17, 15) is 9.59 Å². The fraction of sp³-hybridized carbons (Fsp3) is 0.867. The third kappa shape index (κ3) is 2.15. The fourth-order valence-corrected chi connectivity index (χ4v) is 5.07. The van der Waals surface area contributed by atoms with Crippen molar-refractivity contribution < 1.29 is 9.59 Å². The van der Waals surface area contributed by atoms with Crippen LogP contribution in [0.1, 0.15) is 51.9 Å². The molecule has 0 aromatic rings. The summed E-state index contributed by atoms with van der Waals surface area (Å²) in [7, 11) is 0. The van der Waals surface area contributed by atoms with Crippen LogP contribution in [0.3, 0.4) is 0 Å². The highest BCUT2D eigenvalue weighted by Crippen LogP contribution is 2.60. The van der Waals surface area contributed by atoms with Gasteiger partial charge in [0.2, 0.25) is 11.8 Å². The molecule has 0 spiro atoms. The summed E-state index contributed by atoms with van der Waals surface area (Å²) in [5.74, 6) is 1.90. The number of nitrogens with two attached hydrogens (primary N) is 1. The van der Waals surface area contributed by atoms with Gasteiger partial charge in [-0.1, -0.05) is 6.92 Å². The second-order valence-corrected chi connectivity index (χ2v) is 7.03. The van der Waals surface area contributed by atoms with Gasteiger partial charge in [-0.15, -0.1) is 0 Å². The van der Waals surface area contributed by atoms with Gasteiger partial charge in [0, 0.05) is 5.41 Å². The first-order chi connectivity index (χ1) is 9.02. The molecule has 4 bridgehead atoms. The summed E-state index contributed by atoms with van der Waals surface area (Å²) in [5.41, 5.74) is 5.15. The lowest BCUT2D eigenvalue weighted by molar-refractivity contribution is -0.148. The Bertz CT molecular complexity index is 370. The Labute approximate surface area is 114 Å². The maximum atomic E-state index is 12.7. The zero-order valence-corrected chi connectivity index (χ0v) is 11.7. The van der Waals surface area contributed by atoms with Crippen molar-refractivity contribution in [3.05, 3.63) is 0 Å². The standard InChI is InChI=1S/C15H24N2O2/c1-2-12(13(16)18)17-14(19)15-6-9-3-10(7-15)5-11(4-9)8-15/h9-12H,2-8H2,1H3,(H2,16,18)(H,17,19)/t9?,10?,11?,12-,15?/m1/s1. The molecule has 4 saturated carbocycles. The molecule has 4 nitrogen and oxygen atoms in total. The highest BCUT2D eigenvalue weighted by atomic mass is 16.2. The normalized spacial score (nSPS) is 41.0. The van der Waals surface area contributed by atoms with Gasteiger partial charge in [0.1, 0.15) is 6.04 Å². The van der Waals surface area contributed by atoms with Crippen LogP contribution in [-0.2, 0) is 9.59 Å². The van der Waals surface area contributed by atoms with Crippen LogP contribution in [0.5, 0.6) is 0 Å². The average Bonchev–Trinajstić information content (AvgIpc) is 2.33. The Morgan fingerprint density at radius 3 is 2.00 bits per heavy atom. The Hall–Kier alpha value is -1.06. The molecule has 0 aromatic heterocycles. The Morgan fingerprint density at radius 2 is 1.63 bits per heavy atom. The predicted molar refractivity (Wildman–Crippen MR) is 72.0 cm³/mol. The van der Waals surface area contributed by atoms with Crippen molar-refractivity contribution in [3.8, 4) is 0 Å². The van der Waals surface area contributed by atoms with Gasteiger partial charge in [0.25, 0.3) is 0 Å². The van der Waals surface area contributed by atoms with Crippen molar-refractivity contribution in [1.29, 1.82) is 0 Å². The number of nitrogens with one attached hydrogen (secondary N) is 1. The smallest absolute Gasteiger partial charge is 0.239 e. The van der Waals surface area contributed by atoms with Crippen LogP contribution in [0.4, 0.5) is 0 Å². The topological polar surface area (TPSA) is 72.2 Å². The number of carbonyl (C=O) groups excluding carboxylic acids is 2. The maximum Gasteiger partial charge on any atom is 0.239 e. The first kappa shape index (κ1) is 12.9. The van der Waals surface area contributed by atoms with Crippen LogP contribution in [0.25, 0.3) is 0 Å². The average molecular weight is 264 g/mol. The number of hydrogen-bond donors (Lipinski definition) is 2. The summed E-state index contributed by atoms with van der Waals surface area (Å²) in [6.45, 7) is 1.88. The van der Waals surface area contributed by atoms with Gasteiger partial charge in [0.05, 0.1) is 0 Å². The molecule has 0 saturated heterocycles. The Balaban J connectivity index is 1.74. The summed E-state index contributed by atoms with van der Waals surface area (Å²) in [6.07, 6.45) is 7.62. The quantitative estimate of drug-likeness (QED) is 0.809. The number of hydrogen-bond acceptors (Lipinski definition) is 2. The molecule has 106 valence electrons. The van der Waals surface area contributed by atoms with Crippen LogP contribution in [0.15, 0.2) is 0 Å². The number of carbonyl (C=O) groups is 2. The summed E-state index contributed by atoms with van der Waals surface area (Å²) in [4.78, 5) is 24.0. The van der Waals surface area contributed by atoms with E-state index in [1.54, 1.807) is 0 Å². The van der Waals surface area contributed by atoms with Gasteiger partial charge in [0.15, 0.2) is 0 Å². The van der Waals surface area contributed by atoms with Gasteiger partial charge < -0.3 is 11.1 Å². The minimum atomic E-state index is -0.500.